The van der Waals surface area contributed by atoms with E-state index in [0.717, 1.165) is 23.6 Å². The van der Waals surface area contributed by atoms with Crippen LogP contribution in [-0.2, 0) is 26.0 Å². The Morgan fingerprint density at radius 2 is 1.90 bits per heavy atom. The maximum atomic E-state index is 13.8. The van der Waals surface area contributed by atoms with E-state index in [-0.39, 0.29) is 30.0 Å². The number of ether oxygens (including phenoxy) is 3. The molecule has 1 aliphatic heterocycles. The van der Waals surface area contributed by atoms with Gasteiger partial charge in [-0.2, -0.15) is 8.78 Å². The number of sulfonamides is 1. The molecule has 0 aliphatic carbocycles. The summed E-state index contributed by atoms with van der Waals surface area (Å²) in [6, 6.07) is 18.2. The Labute approximate surface area is 226 Å². The van der Waals surface area contributed by atoms with Crippen LogP contribution in [0.5, 0.6) is 11.5 Å². The Morgan fingerprint density at radius 3 is 2.64 bits per heavy atom. The van der Waals surface area contributed by atoms with Crippen LogP contribution in [0.15, 0.2) is 71.6 Å². The number of fused-ring (bicyclic) bond motifs is 1. The monoisotopic (exact) mass is 557 g/mol. The van der Waals surface area contributed by atoms with E-state index >= 15 is 0 Å². The van der Waals surface area contributed by atoms with Gasteiger partial charge in [0.15, 0.2) is 0 Å². The normalized spacial score (nSPS) is 15.2. The van der Waals surface area contributed by atoms with Crippen LogP contribution in [0.1, 0.15) is 36.5 Å². The summed E-state index contributed by atoms with van der Waals surface area (Å²) in [5, 5.41) is 0. The number of rotatable bonds is 10. The SMILES string of the molecule is CCc1ccccc1C=Cc1ccc2c(c1)N(S(=O)(=O)c1cccc(OC(F)F)c1)CC(CCC(=O)OC)O2. The van der Waals surface area contributed by atoms with Gasteiger partial charge in [0.05, 0.1) is 24.2 Å². The molecule has 3 aromatic rings. The highest BCUT2D eigenvalue weighted by Gasteiger charge is 2.35. The number of esters is 1. The number of hydrogen-bond donors (Lipinski definition) is 0. The van der Waals surface area contributed by atoms with Gasteiger partial charge in [-0.05, 0) is 53.8 Å². The second-order valence-corrected chi connectivity index (χ2v) is 10.7. The molecule has 0 bridgehead atoms. The van der Waals surface area contributed by atoms with Crippen molar-refractivity contribution in [2.24, 2.45) is 0 Å². The average Bonchev–Trinajstić information content (AvgIpc) is 2.94. The van der Waals surface area contributed by atoms with Crippen molar-refractivity contribution in [3.05, 3.63) is 83.4 Å². The number of aryl methyl sites for hydroxylation is 1. The molecule has 1 unspecified atom stereocenters. The summed E-state index contributed by atoms with van der Waals surface area (Å²) in [5.74, 6) is -0.387. The van der Waals surface area contributed by atoms with Crippen molar-refractivity contribution in [3.63, 3.8) is 0 Å². The molecule has 1 heterocycles. The van der Waals surface area contributed by atoms with E-state index in [9.17, 15) is 22.0 Å². The first-order chi connectivity index (χ1) is 18.7. The number of carbonyl (C=O) groups is 1. The predicted molar refractivity (Wildman–Crippen MR) is 144 cm³/mol. The molecule has 0 fully saturated rings. The van der Waals surface area contributed by atoms with Gasteiger partial charge in [0, 0.05) is 12.5 Å². The smallest absolute Gasteiger partial charge is 0.387 e. The molecule has 10 heteroatoms. The van der Waals surface area contributed by atoms with E-state index in [1.54, 1.807) is 12.1 Å². The van der Waals surface area contributed by atoms with Crippen molar-refractivity contribution in [1.82, 2.24) is 0 Å². The summed E-state index contributed by atoms with van der Waals surface area (Å²) in [7, 11) is -2.94. The second kappa shape index (κ2) is 12.3. The van der Waals surface area contributed by atoms with Crippen molar-refractivity contribution in [3.8, 4) is 11.5 Å². The van der Waals surface area contributed by atoms with E-state index in [4.69, 9.17) is 9.47 Å². The largest absolute Gasteiger partial charge is 0.486 e. The van der Waals surface area contributed by atoms with Crippen molar-refractivity contribution in [2.75, 3.05) is 18.0 Å². The van der Waals surface area contributed by atoms with Gasteiger partial charge in [-0.3, -0.25) is 9.10 Å². The summed E-state index contributed by atoms with van der Waals surface area (Å²) in [6.07, 6.45) is 4.35. The molecule has 3 aromatic carbocycles. The predicted octanol–water partition coefficient (Wildman–Crippen LogP) is 5.93. The van der Waals surface area contributed by atoms with Crippen molar-refractivity contribution >= 4 is 33.8 Å². The fourth-order valence-corrected chi connectivity index (χ4v) is 5.87. The summed E-state index contributed by atoms with van der Waals surface area (Å²) in [4.78, 5) is 11.5. The van der Waals surface area contributed by atoms with Gasteiger partial charge in [-0.15, -0.1) is 0 Å². The zero-order valence-electron chi connectivity index (χ0n) is 21.5. The first kappa shape index (κ1) is 28.1. The van der Waals surface area contributed by atoms with Gasteiger partial charge >= 0.3 is 12.6 Å². The Bertz CT molecular complexity index is 1460. The molecule has 0 aromatic heterocycles. The molecule has 206 valence electrons. The molecule has 7 nitrogen and oxygen atoms in total. The quantitative estimate of drug-likeness (QED) is 0.227. The molecule has 0 radical (unpaired) electrons. The highest BCUT2D eigenvalue weighted by molar-refractivity contribution is 7.92. The minimum Gasteiger partial charge on any atom is -0.486 e. The number of nitrogens with zero attached hydrogens (tertiary/aromatic N) is 1. The van der Waals surface area contributed by atoms with Crippen LogP contribution in [0.25, 0.3) is 12.2 Å². The van der Waals surface area contributed by atoms with Crippen LogP contribution in [-0.4, -0.2) is 40.8 Å². The van der Waals surface area contributed by atoms with Gasteiger partial charge in [-0.25, -0.2) is 8.42 Å². The standard InChI is InChI=1S/C29H29F2NO6S/c1-3-21-7-4-5-8-22(21)13-11-20-12-15-27-26(17-20)32(19-24(37-27)14-16-28(33)36-2)39(34,35)25-10-6-9-23(18-25)38-29(30)31/h4-13,15,17-18,24,29H,3,14,16,19H2,1-2H3. The minimum absolute atomic E-state index is 0.0414. The molecule has 0 amide bonds. The number of carbonyl (C=O) groups excluding carboxylic acids is 1. The topological polar surface area (TPSA) is 82.1 Å². The third-order valence-corrected chi connectivity index (χ3v) is 8.10. The van der Waals surface area contributed by atoms with E-state index < -0.39 is 28.7 Å². The van der Waals surface area contributed by atoms with E-state index in [1.807, 2.05) is 36.4 Å². The second-order valence-electron chi connectivity index (χ2n) is 8.86. The lowest BCUT2D eigenvalue weighted by atomic mass is 10.0. The highest BCUT2D eigenvalue weighted by Crippen LogP contribution is 2.39. The maximum absolute atomic E-state index is 13.8. The Morgan fingerprint density at radius 1 is 1.10 bits per heavy atom. The van der Waals surface area contributed by atoms with Crippen LogP contribution < -0.4 is 13.8 Å². The number of halogens is 2. The molecular weight excluding hydrogens is 528 g/mol. The number of benzene rings is 3. The Balaban J connectivity index is 1.72. The van der Waals surface area contributed by atoms with Crippen LogP contribution in [0.4, 0.5) is 14.5 Å². The summed E-state index contributed by atoms with van der Waals surface area (Å²) >= 11 is 0. The highest BCUT2D eigenvalue weighted by atomic mass is 32.2. The fourth-order valence-electron chi connectivity index (χ4n) is 4.33. The third-order valence-electron chi connectivity index (χ3n) is 6.32. The molecule has 0 saturated carbocycles. The summed E-state index contributed by atoms with van der Waals surface area (Å²) in [5.41, 5.74) is 3.28. The number of alkyl halides is 2. The van der Waals surface area contributed by atoms with Gasteiger partial charge in [-0.1, -0.05) is 55.5 Å². The first-order valence-electron chi connectivity index (χ1n) is 12.4. The number of anilines is 1. The zero-order chi connectivity index (χ0) is 28.0. The summed E-state index contributed by atoms with van der Waals surface area (Å²) < 4.78 is 69.6. The molecule has 0 saturated heterocycles. The number of methoxy groups -OCH3 is 1. The summed E-state index contributed by atoms with van der Waals surface area (Å²) in [6.45, 7) is -1.11. The van der Waals surface area contributed by atoms with Crippen LogP contribution >= 0.6 is 0 Å². The number of hydrogen-bond acceptors (Lipinski definition) is 6. The van der Waals surface area contributed by atoms with Crippen LogP contribution in [0, 0.1) is 0 Å². The fraction of sp³-hybridized carbons (Fsp3) is 0.276. The molecule has 0 N–H and O–H groups in total. The van der Waals surface area contributed by atoms with Crippen molar-refractivity contribution in [1.29, 1.82) is 0 Å². The minimum atomic E-state index is -4.22. The zero-order valence-corrected chi connectivity index (χ0v) is 22.4. The van der Waals surface area contributed by atoms with E-state index in [1.165, 1.54) is 35.2 Å². The van der Waals surface area contributed by atoms with Crippen LogP contribution in [0.3, 0.4) is 0 Å². The molecular formula is C29H29F2NO6S. The molecule has 39 heavy (non-hydrogen) atoms. The average molecular weight is 558 g/mol. The van der Waals surface area contributed by atoms with Crippen molar-refractivity contribution in [2.45, 2.75) is 43.8 Å². The molecule has 1 atom stereocenters. The lowest BCUT2D eigenvalue weighted by Crippen LogP contribution is -2.43. The lowest BCUT2D eigenvalue weighted by Gasteiger charge is -2.35. The van der Waals surface area contributed by atoms with Gasteiger partial charge in [0.1, 0.15) is 17.6 Å². The van der Waals surface area contributed by atoms with Crippen LogP contribution in [0.2, 0.25) is 0 Å². The van der Waals surface area contributed by atoms with Crippen molar-refractivity contribution < 1.29 is 36.2 Å². The first-order valence-corrected chi connectivity index (χ1v) is 13.9. The van der Waals surface area contributed by atoms with E-state index in [2.05, 4.69) is 17.7 Å². The Kier molecular flexibility index (Phi) is 8.86. The maximum Gasteiger partial charge on any atom is 0.387 e. The molecule has 1 aliphatic rings. The third kappa shape index (κ3) is 6.75. The molecule has 4 rings (SSSR count). The van der Waals surface area contributed by atoms with Gasteiger partial charge in [0.25, 0.3) is 10.0 Å². The van der Waals surface area contributed by atoms with Gasteiger partial charge < -0.3 is 14.2 Å². The Hall–Kier alpha value is -3.92. The lowest BCUT2D eigenvalue weighted by molar-refractivity contribution is -0.141. The van der Waals surface area contributed by atoms with E-state index in [0.29, 0.717) is 11.4 Å². The molecule has 0 spiro atoms. The van der Waals surface area contributed by atoms with Gasteiger partial charge in [0.2, 0.25) is 0 Å².